The second-order valence-electron chi connectivity index (χ2n) is 7.18. The van der Waals surface area contributed by atoms with Crippen molar-refractivity contribution in [2.45, 2.75) is 25.8 Å². The third-order valence-electron chi connectivity index (χ3n) is 5.16. The third-order valence-corrected chi connectivity index (χ3v) is 5.16. The maximum absolute atomic E-state index is 4.85. The Kier molecular flexibility index (Phi) is 3.82. The summed E-state index contributed by atoms with van der Waals surface area (Å²) in [5, 5.41) is 4.74. The van der Waals surface area contributed by atoms with Gasteiger partial charge in [-0.1, -0.05) is 35.9 Å². The summed E-state index contributed by atoms with van der Waals surface area (Å²) in [4.78, 5) is 13.8. The number of hydrogen-bond acceptors (Lipinski definition) is 4. The highest BCUT2D eigenvalue weighted by atomic mass is 15.1. The Morgan fingerprint density at radius 3 is 2.70 bits per heavy atom. The molecule has 0 saturated carbocycles. The Morgan fingerprint density at radius 2 is 1.81 bits per heavy atom. The van der Waals surface area contributed by atoms with E-state index in [-0.39, 0.29) is 0 Å². The highest BCUT2D eigenvalue weighted by Crippen LogP contribution is 2.29. The Hall–Kier alpha value is -3.27. The van der Waals surface area contributed by atoms with Crippen molar-refractivity contribution in [3.63, 3.8) is 0 Å². The monoisotopic (exact) mass is 352 g/mol. The van der Waals surface area contributed by atoms with E-state index in [4.69, 9.17) is 9.97 Å². The van der Waals surface area contributed by atoms with Crippen molar-refractivity contribution in [2.24, 2.45) is 0 Å². The predicted octanol–water partition coefficient (Wildman–Crippen LogP) is 4.58. The van der Waals surface area contributed by atoms with Crippen LogP contribution in [0.2, 0.25) is 0 Å². The molecule has 0 radical (unpaired) electrons. The van der Waals surface area contributed by atoms with Gasteiger partial charge in [-0.25, -0.2) is 9.97 Å². The average molecular weight is 352 g/mol. The van der Waals surface area contributed by atoms with Crippen LogP contribution >= 0.6 is 0 Å². The normalized spacial score (nSPS) is 15.7. The molecule has 4 heteroatoms. The first-order valence-electron chi connectivity index (χ1n) is 9.28. The molecule has 27 heavy (non-hydrogen) atoms. The molecule has 2 aromatic carbocycles. The first-order valence-corrected chi connectivity index (χ1v) is 9.28. The topological polar surface area (TPSA) is 50.7 Å². The van der Waals surface area contributed by atoms with E-state index in [9.17, 15) is 0 Å². The van der Waals surface area contributed by atoms with Crippen molar-refractivity contribution in [2.75, 3.05) is 5.32 Å². The molecule has 5 rings (SSSR count). The molecule has 2 aromatic heterocycles. The lowest BCUT2D eigenvalue weighted by Crippen LogP contribution is -2.20. The van der Waals surface area contributed by atoms with Crippen LogP contribution in [0.25, 0.3) is 22.3 Å². The standard InChI is InChI=1S/C23H20N4/c1-15-8-9-16-12-19(13-18(16)11-15)25-23-20-6-2-3-7-21(20)26-22(27-23)17-5-4-10-24-14-17/h2-11,14,19H,12-13H2,1H3,(H,25,26,27). The van der Waals surface area contributed by atoms with Crippen molar-refractivity contribution < 1.29 is 0 Å². The van der Waals surface area contributed by atoms with Crippen LogP contribution in [0.4, 0.5) is 5.82 Å². The van der Waals surface area contributed by atoms with E-state index in [1.807, 2.05) is 36.5 Å². The number of pyridine rings is 1. The summed E-state index contributed by atoms with van der Waals surface area (Å²) in [5.74, 6) is 1.60. The van der Waals surface area contributed by atoms with Crippen LogP contribution in [0.3, 0.4) is 0 Å². The molecular weight excluding hydrogens is 332 g/mol. The molecule has 2 heterocycles. The van der Waals surface area contributed by atoms with E-state index in [1.54, 1.807) is 6.20 Å². The van der Waals surface area contributed by atoms with Crippen LogP contribution in [0, 0.1) is 6.92 Å². The number of benzene rings is 2. The number of nitrogens with zero attached hydrogens (tertiary/aromatic N) is 3. The predicted molar refractivity (Wildman–Crippen MR) is 109 cm³/mol. The van der Waals surface area contributed by atoms with Gasteiger partial charge >= 0.3 is 0 Å². The lowest BCUT2D eigenvalue weighted by molar-refractivity contribution is 0.770. The number of aromatic nitrogens is 3. The maximum atomic E-state index is 4.85. The van der Waals surface area contributed by atoms with Crippen LogP contribution in [0.5, 0.6) is 0 Å². The molecule has 0 aliphatic heterocycles. The number of hydrogen-bond donors (Lipinski definition) is 1. The molecule has 1 N–H and O–H groups in total. The Balaban J connectivity index is 1.53. The minimum absolute atomic E-state index is 0.349. The summed E-state index contributed by atoms with van der Waals surface area (Å²) >= 11 is 0. The molecule has 0 spiro atoms. The molecule has 4 nitrogen and oxygen atoms in total. The van der Waals surface area contributed by atoms with Gasteiger partial charge in [0.2, 0.25) is 0 Å². The zero-order chi connectivity index (χ0) is 18.2. The van der Waals surface area contributed by atoms with E-state index in [2.05, 4.69) is 41.5 Å². The number of rotatable bonds is 3. The quantitative estimate of drug-likeness (QED) is 0.586. The van der Waals surface area contributed by atoms with Crippen LogP contribution < -0.4 is 5.32 Å². The number of aryl methyl sites for hydroxylation is 1. The number of anilines is 1. The smallest absolute Gasteiger partial charge is 0.163 e. The van der Waals surface area contributed by atoms with E-state index >= 15 is 0 Å². The molecule has 4 aromatic rings. The van der Waals surface area contributed by atoms with Gasteiger partial charge in [-0.05, 0) is 55.2 Å². The van der Waals surface area contributed by atoms with Gasteiger partial charge in [-0.15, -0.1) is 0 Å². The lowest BCUT2D eigenvalue weighted by Gasteiger charge is -2.16. The van der Waals surface area contributed by atoms with Gasteiger partial charge in [0.15, 0.2) is 5.82 Å². The summed E-state index contributed by atoms with van der Waals surface area (Å²) in [5.41, 5.74) is 6.07. The number of para-hydroxylation sites is 1. The molecule has 0 saturated heterocycles. The van der Waals surface area contributed by atoms with Crippen LogP contribution in [-0.2, 0) is 12.8 Å². The van der Waals surface area contributed by atoms with Gasteiger partial charge in [0.25, 0.3) is 0 Å². The summed E-state index contributed by atoms with van der Waals surface area (Å²) < 4.78 is 0. The van der Waals surface area contributed by atoms with E-state index in [1.165, 1.54) is 16.7 Å². The summed E-state index contributed by atoms with van der Waals surface area (Å²) in [6.07, 6.45) is 5.62. The van der Waals surface area contributed by atoms with E-state index < -0.39 is 0 Å². The summed E-state index contributed by atoms with van der Waals surface area (Å²) in [6.45, 7) is 2.15. The van der Waals surface area contributed by atoms with Crippen molar-refractivity contribution >= 4 is 16.7 Å². The minimum Gasteiger partial charge on any atom is -0.366 e. The largest absolute Gasteiger partial charge is 0.366 e. The molecule has 132 valence electrons. The van der Waals surface area contributed by atoms with Crippen molar-refractivity contribution in [3.8, 4) is 11.4 Å². The fourth-order valence-electron chi connectivity index (χ4n) is 3.85. The zero-order valence-electron chi connectivity index (χ0n) is 15.2. The van der Waals surface area contributed by atoms with Gasteiger partial charge < -0.3 is 5.32 Å². The van der Waals surface area contributed by atoms with E-state index in [0.717, 1.165) is 35.1 Å². The summed E-state index contributed by atoms with van der Waals surface area (Å²) in [7, 11) is 0. The first-order chi connectivity index (χ1) is 13.3. The summed E-state index contributed by atoms with van der Waals surface area (Å²) in [6, 6.07) is 19.2. The molecule has 0 bridgehead atoms. The van der Waals surface area contributed by atoms with Crippen molar-refractivity contribution in [1.82, 2.24) is 15.0 Å². The van der Waals surface area contributed by atoms with Crippen LogP contribution in [0.15, 0.2) is 67.0 Å². The Bertz CT molecular complexity index is 1120. The van der Waals surface area contributed by atoms with Gasteiger partial charge in [0, 0.05) is 29.4 Å². The molecule has 1 aliphatic carbocycles. The molecule has 1 atom stereocenters. The maximum Gasteiger partial charge on any atom is 0.163 e. The first kappa shape index (κ1) is 15.9. The molecule has 0 amide bonds. The zero-order valence-corrected chi connectivity index (χ0v) is 15.2. The van der Waals surface area contributed by atoms with Gasteiger partial charge in [0.05, 0.1) is 5.52 Å². The molecule has 0 fully saturated rings. The molecule has 1 aliphatic rings. The van der Waals surface area contributed by atoms with Gasteiger partial charge in [0.1, 0.15) is 5.82 Å². The fourth-order valence-corrected chi connectivity index (χ4v) is 3.85. The average Bonchev–Trinajstić information content (AvgIpc) is 3.10. The lowest BCUT2D eigenvalue weighted by atomic mass is 10.1. The second kappa shape index (κ2) is 6.47. The highest BCUT2D eigenvalue weighted by molar-refractivity contribution is 5.90. The SMILES string of the molecule is Cc1ccc2c(c1)CC(Nc1nc(-c3cccnc3)nc3ccccc13)C2. The van der Waals surface area contributed by atoms with Gasteiger partial charge in [-0.2, -0.15) is 0 Å². The van der Waals surface area contributed by atoms with E-state index in [0.29, 0.717) is 11.9 Å². The number of nitrogens with one attached hydrogen (secondary N) is 1. The Morgan fingerprint density at radius 1 is 0.926 bits per heavy atom. The van der Waals surface area contributed by atoms with Gasteiger partial charge in [-0.3, -0.25) is 4.98 Å². The minimum atomic E-state index is 0.349. The fraction of sp³-hybridized carbons (Fsp3) is 0.174. The van der Waals surface area contributed by atoms with Crippen molar-refractivity contribution in [1.29, 1.82) is 0 Å². The number of fused-ring (bicyclic) bond motifs is 2. The second-order valence-corrected chi connectivity index (χ2v) is 7.18. The van der Waals surface area contributed by atoms with Crippen LogP contribution in [-0.4, -0.2) is 21.0 Å². The molecular formula is C23H20N4. The van der Waals surface area contributed by atoms with Crippen molar-refractivity contribution in [3.05, 3.63) is 83.7 Å². The highest BCUT2D eigenvalue weighted by Gasteiger charge is 2.22. The third kappa shape index (κ3) is 3.04. The Labute approximate surface area is 158 Å². The molecule has 1 unspecified atom stereocenters. The van der Waals surface area contributed by atoms with Crippen LogP contribution in [0.1, 0.15) is 16.7 Å².